The lowest BCUT2D eigenvalue weighted by molar-refractivity contribution is -0.127. The van der Waals surface area contributed by atoms with Crippen molar-refractivity contribution in [3.05, 3.63) is 0 Å². The van der Waals surface area contributed by atoms with Crippen LogP contribution < -0.4 is 16.0 Å². The second-order valence-corrected chi connectivity index (χ2v) is 5.06. The van der Waals surface area contributed by atoms with Crippen LogP contribution in [-0.4, -0.2) is 37.0 Å². The fraction of sp³-hybridized carbons (Fsp3) is 0.833. The molecule has 1 fully saturated rings. The molecule has 1 heterocycles. The SMILES string of the molecule is CC(C)C(=O)NCCNC(=O)C1(C)CCCN1. The predicted octanol–water partition coefficient (Wildman–Crippen LogP) is 0.0169. The molecule has 0 aromatic rings. The topological polar surface area (TPSA) is 70.2 Å². The van der Waals surface area contributed by atoms with Gasteiger partial charge in [-0.2, -0.15) is 0 Å². The summed E-state index contributed by atoms with van der Waals surface area (Å²) in [5.74, 6) is 0.0259. The van der Waals surface area contributed by atoms with Crippen LogP contribution in [0.4, 0.5) is 0 Å². The summed E-state index contributed by atoms with van der Waals surface area (Å²) in [6.45, 7) is 7.47. The highest BCUT2D eigenvalue weighted by Crippen LogP contribution is 2.17. The van der Waals surface area contributed by atoms with Crippen LogP contribution in [0.2, 0.25) is 0 Å². The summed E-state index contributed by atoms with van der Waals surface area (Å²) in [5.41, 5.74) is -0.429. The van der Waals surface area contributed by atoms with Gasteiger partial charge in [-0.05, 0) is 26.3 Å². The molecule has 0 saturated carbocycles. The summed E-state index contributed by atoms with van der Waals surface area (Å²) in [7, 11) is 0. The molecule has 1 aliphatic rings. The van der Waals surface area contributed by atoms with Gasteiger partial charge in [0.1, 0.15) is 0 Å². The highest BCUT2D eigenvalue weighted by Gasteiger charge is 2.35. The average Bonchev–Trinajstić information content (AvgIpc) is 2.72. The van der Waals surface area contributed by atoms with E-state index in [9.17, 15) is 9.59 Å². The molecule has 0 aliphatic carbocycles. The Morgan fingerprint density at radius 3 is 2.47 bits per heavy atom. The molecule has 0 radical (unpaired) electrons. The van der Waals surface area contributed by atoms with Gasteiger partial charge in [0, 0.05) is 19.0 Å². The fourth-order valence-corrected chi connectivity index (χ4v) is 1.85. The second-order valence-electron chi connectivity index (χ2n) is 5.06. The van der Waals surface area contributed by atoms with E-state index in [4.69, 9.17) is 0 Å². The lowest BCUT2D eigenvalue weighted by atomic mass is 9.99. The van der Waals surface area contributed by atoms with Crippen molar-refractivity contribution >= 4 is 11.8 Å². The first-order valence-corrected chi connectivity index (χ1v) is 6.27. The fourth-order valence-electron chi connectivity index (χ4n) is 1.85. The minimum absolute atomic E-state index is 0.0142. The van der Waals surface area contributed by atoms with Gasteiger partial charge in [-0.15, -0.1) is 0 Å². The highest BCUT2D eigenvalue weighted by atomic mass is 16.2. The van der Waals surface area contributed by atoms with Gasteiger partial charge in [-0.3, -0.25) is 9.59 Å². The molecule has 1 aliphatic heterocycles. The standard InChI is InChI=1S/C12H23N3O2/c1-9(2)10(16)13-7-8-14-11(17)12(3)5-4-6-15-12/h9,15H,4-8H2,1-3H3,(H,13,16)(H,14,17). The average molecular weight is 241 g/mol. The van der Waals surface area contributed by atoms with Crippen molar-refractivity contribution in [2.24, 2.45) is 5.92 Å². The smallest absolute Gasteiger partial charge is 0.240 e. The van der Waals surface area contributed by atoms with Crippen LogP contribution >= 0.6 is 0 Å². The Balaban J connectivity index is 2.18. The lowest BCUT2D eigenvalue weighted by Gasteiger charge is -2.23. The van der Waals surface area contributed by atoms with Crippen molar-refractivity contribution in [1.29, 1.82) is 0 Å². The van der Waals surface area contributed by atoms with E-state index in [0.29, 0.717) is 13.1 Å². The lowest BCUT2D eigenvalue weighted by Crippen LogP contribution is -2.52. The third kappa shape index (κ3) is 4.00. The number of hydrogen-bond donors (Lipinski definition) is 3. The van der Waals surface area contributed by atoms with Gasteiger partial charge in [-0.25, -0.2) is 0 Å². The number of amides is 2. The molecule has 3 N–H and O–H groups in total. The van der Waals surface area contributed by atoms with Gasteiger partial charge >= 0.3 is 0 Å². The summed E-state index contributed by atoms with van der Waals surface area (Å²) in [6.07, 6.45) is 1.91. The Labute approximate surface area is 103 Å². The molecular weight excluding hydrogens is 218 g/mol. The Kier molecular flexibility index (Phi) is 4.93. The van der Waals surface area contributed by atoms with Crippen molar-refractivity contribution in [2.75, 3.05) is 19.6 Å². The predicted molar refractivity (Wildman–Crippen MR) is 66.5 cm³/mol. The van der Waals surface area contributed by atoms with Crippen molar-refractivity contribution < 1.29 is 9.59 Å². The van der Waals surface area contributed by atoms with Crippen LogP contribution in [0.25, 0.3) is 0 Å². The van der Waals surface area contributed by atoms with Crippen LogP contribution in [-0.2, 0) is 9.59 Å². The van der Waals surface area contributed by atoms with Gasteiger partial charge in [-0.1, -0.05) is 13.8 Å². The van der Waals surface area contributed by atoms with E-state index in [-0.39, 0.29) is 17.7 Å². The molecule has 0 bridgehead atoms. The van der Waals surface area contributed by atoms with Gasteiger partial charge in [0.25, 0.3) is 0 Å². The van der Waals surface area contributed by atoms with E-state index in [0.717, 1.165) is 19.4 Å². The number of carbonyl (C=O) groups excluding carboxylic acids is 2. The number of carbonyl (C=O) groups is 2. The van der Waals surface area contributed by atoms with Crippen molar-refractivity contribution in [3.8, 4) is 0 Å². The summed E-state index contributed by atoms with van der Waals surface area (Å²) in [5, 5.41) is 8.81. The number of hydrogen-bond acceptors (Lipinski definition) is 3. The van der Waals surface area contributed by atoms with E-state index < -0.39 is 5.54 Å². The van der Waals surface area contributed by atoms with E-state index in [1.807, 2.05) is 20.8 Å². The maximum Gasteiger partial charge on any atom is 0.240 e. The molecule has 17 heavy (non-hydrogen) atoms. The maximum atomic E-state index is 11.9. The Hall–Kier alpha value is -1.10. The maximum absolute atomic E-state index is 11.9. The number of nitrogens with one attached hydrogen (secondary N) is 3. The zero-order valence-corrected chi connectivity index (χ0v) is 10.9. The summed E-state index contributed by atoms with van der Waals surface area (Å²) >= 11 is 0. The Morgan fingerprint density at radius 1 is 1.29 bits per heavy atom. The van der Waals surface area contributed by atoms with Crippen LogP contribution in [0.5, 0.6) is 0 Å². The van der Waals surface area contributed by atoms with E-state index in [2.05, 4.69) is 16.0 Å². The molecule has 98 valence electrons. The summed E-state index contributed by atoms with van der Waals surface area (Å²) in [4.78, 5) is 23.1. The van der Waals surface area contributed by atoms with Crippen molar-refractivity contribution in [2.45, 2.75) is 39.2 Å². The molecule has 1 atom stereocenters. The molecule has 1 saturated heterocycles. The molecule has 2 amide bonds. The summed E-state index contributed by atoms with van der Waals surface area (Å²) in [6, 6.07) is 0. The quantitative estimate of drug-likeness (QED) is 0.594. The minimum Gasteiger partial charge on any atom is -0.354 e. The normalized spacial score (nSPS) is 23.8. The van der Waals surface area contributed by atoms with Crippen LogP contribution in [0.3, 0.4) is 0 Å². The van der Waals surface area contributed by atoms with Crippen LogP contribution in [0.15, 0.2) is 0 Å². The molecular formula is C12H23N3O2. The Morgan fingerprint density at radius 2 is 1.94 bits per heavy atom. The third-order valence-electron chi connectivity index (χ3n) is 3.10. The largest absolute Gasteiger partial charge is 0.354 e. The van der Waals surface area contributed by atoms with Gasteiger partial charge < -0.3 is 16.0 Å². The molecule has 5 heteroatoms. The molecule has 0 aromatic heterocycles. The van der Waals surface area contributed by atoms with E-state index >= 15 is 0 Å². The first-order valence-electron chi connectivity index (χ1n) is 6.27. The Bertz CT molecular complexity index is 283. The summed E-state index contributed by atoms with van der Waals surface area (Å²) < 4.78 is 0. The van der Waals surface area contributed by atoms with Gasteiger partial charge in [0.15, 0.2) is 0 Å². The molecule has 0 aromatic carbocycles. The highest BCUT2D eigenvalue weighted by molar-refractivity contribution is 5.86. The molecule has 0 spiro atoms. The minimum atomic E-state index is -0.429. The monoisotopic (exact) mass is 241 g/mol. The van der Waals surface area contributed by atoms with E-state index in [1.54, 1.807) is 0 Å². The van der Waals surface area contributed by atoms with Gasteiger partial charge in [0.2, 0.25) is 11.8 Å². The zero-order valence-electron chi connectivity index (χ0n) is 10.9. The van der Waals surface area contributed by atoms with Crippen molar-refractivity contribution in [1.82, 2.24) is 16.0 Å². The third-order valence-corrected chi connectivity index (χ3v) is 3.10. The first kappa shape index (κ1) is 14.0. The van der Waals surface area contributed by atoms with E-state index in [1.165, 1.54) is 0 Å². The zero-order chi connectivity index (χ0) is 12.9. The first-order chi connectivity index (χ1) is 7.96. The second kappa shape index (κ2) is 6.00. The molecule has 1 rings (SSSR count). The molecule has 5 nitrogen and oxygen atoms in total. The number of rotatable bonds is 5. The van der Waals surface area contributed by atoms with Crippen molar-refractivity contribution in [3.63, 3.8) is 0 Å². The van der Waals surface area contributed by atoms with Gasteiger partial charge in [0.05, 0.1) is 5.54 Å². The van der Waals surface area contributed by atoms with Crippen LogP contribution in [0, 0.1) is 5.92 Å². The van der Waals surface area contributed by atoms with Crippen LogP contribution in [0.1, 0.15) is 33.6 Å². The molecule has 1 unspecified atom stereocenters.